The van der Waals surface area contributed by atoms with E-state index in [1.165, 1.54) is 18.2 Å². The zero-order chi connectivity index (χ0) is 15.6. The molecule has 1 aromatic rings. The Morgan fingerprint density at radius 1 is 1.33 bits per heavy atom. The molecule has 0 spiro atoms. The van der Waals surface area contributed by atoms with Crippen molar-refractivity contribution in [3.63, 3.8) is 0 Å². The lowest BCUT2D eigenvalue weighted by Gasteiger charge is -2.13. The van der Waals surface area contributed by atoms with Gasteiger partial charge in [0, 0.05) is 5.92 Å². The summed E-state index contributed by atoms with van der Waals surface area (Å²) in [6, 6.07) is 5.62. The van der Waals surface area contributed by atoms with Crippen LogP contribution in [0.4, 0.5) is 13.2 Å². The van der Waals surface area contributed by atoms with E-state index in [0.29, 0.717) is 12.0 Å². The molecule has 0 bridgehead atoms. The molecule has 8 heteroatoms. The molecule has 1 fully saturated rings. The molecule has 0 aliphatic heterocycles. The summed E-state index contributed by atoms with van der Waals surface area (Å²) < 4.78 is 40.8. The summed E-state index contributed by atoms with van der Waals surface area (Å²) in [6.45, 7) is -0.511. The second-order valence-corrected chi connectivity index (χ2v) is 4.65. The summed E-state index contributed by atoms with van der Waals surface area (Å²) in [5, 5.41) is 10.7. The number of benzene rings is 1. The second kappa shape index (κ2) is 5.63. The topological polar surface area (TPSA) is 75.6 Å². The van der Waals surface area contributed by atoms with Crippen LogP contribution in [0.1, 0.15) is 17.9 Å². The van der Waals surface area contributed by atoms with E-state index >= 15 is 0 Å². The number of carboxylic acid groups (broad SMARTS) is 1. The van der Waals surface area contributed by atoms with Crippen molar-refractivity contribution in [3.8, 4) is 5.75 Å². The molecule has 0 unspecified atom stereocenters. The van der Waals surface area contributed by atoms with E-state index in [2.05, 4.69) is 10.1 Å². The summed E-state index contributed by atoms with van der Waals surface area (Å²) in [7, 11) is 0. The van der Waals surface area contributed by atoms with Crippen LogP contribution >= 0.6 is 0 Å². The third kappa shape index (κ3) is 4.11. The maximum absolute atomic E-state index is 12.3. The van der Waals surface area contributed by atoms with Crippen LogP contribution in [0.25, 0.3) is 0 Å². The Kier molecular flexibility index (Phi) is 4.06. The number of nitrogens with one attached hydrogen (secondary N) is 1. The van der Waals surface area contributed by atoms with Crippen LogP contribution in [-0.4, -0.2) is 29.9 Å². The normalized spacial score (nSPS) is 20.7. The zero-order valence-electron chi connectivity index (χ0n) is 10.7. The van der Waals surface area contributed by atoms with Crippen LogP contribution in [0.2, 0.25) is 0 Å². The van der Waals surface area contributed by atoms with Crippen LogP contribution in [0.3, 0.4) is 0 Å². The molecule has 114 valence electrons. The summed E-state index contributed by atoms with van der Waals surface area (Å²) in [5.41, 5.74) is 0.297. The number of alkyl halides is 3. The maximum atomic E-state index is 12.3. The van der Waals surface area contributed by atoms with Crippen molar-refractivity contribution in [2.75, 3.05) is 6.54 Å². The van der Waals surface area contributed by atoms with Gasteiger partial charge in [-0.25, -0.2) is 0 Å². The number of halogens is 3. The number of rotatable bonds is 5. The summed E-state index contributed by atoms with van der Waals surface area (Å²) in [5.74, 6) is -2.91. The van der Waals surface area contributed by atoms with Crippen molar-refractivity contribution < 1.29 is 32.6 Å². The Hall–Kier alpha value is -2.25. The molecular formula is C13H12F3NO4. The average Bonchev–Trinajstić information content (AvgIpc) is 3.15. The molecule has 21 heavy (non-hydrogen) atoms. The minimum Gasteiger partial charge on any atom is -0.480 e. The molecule has 0 radical (unpaired) electrons. The van der Waals surface area contributed by atoms with Gasteiger partial charge in [-0.05, 0) is 24.0 Å². The number of carboxylic acids is 1. The maximum Gasteiger partial charge on any atom is 0.573 e. The minimum absolute atomic E-state index is 0.297. The predicted molar refractivity (Wildman–Crippen MR) is 64.6 cm³/mol. The van der Waals surface area contributed by atoms with E-state index < -0.39 is 36.6 Å². The van der Waals surface area contributed by atoms with Gasteiger partial charge in [-0.2, -0.15) is 0 Å². The van der Waals surface area contributed by atoms with Gasteiger partial charge in [0.05, 0.1) is 0 Å². The molecule has 5 nitrogen and oxygen atoms in total. The first-order chi connectivity index (χ1) is 9.78. The third-order valence-corrected chi connectivity index (χ3v) is 3.09. The first kappa shape index (κ1) is 15.1. The smallest absolute Gasteiger partial charge is 0.480 e. The van der Waals surface area contributed by atoms with E-state index in [0.717, 1.165) is 0 Å². The average molecular weight is 303 g/mol. The van der Waals surface area contributed by atoms with E-state index in [1.54, 1.807) is 6.07 Å². The third-order valence-electron chi connectivity index (χ3n) is 3.09. The van der Waals surface area contributed by atoms with Crippen LogP contribution in [0.15, 0.2) is 24.3 Å². The highest BCUT2D eigenvalue weighted by molar-refractivity contribution is 5.86. The summed E-state index contributed by atoms with van der Waals surface area (Å²) in [4.78, 5) is 22.0. The second-order valence-electron chi connectivity index (χ2n) is 4.65. The Morgan fingerprint density at radius 3 is 2.62 bits per heavy atom. The quantitative estimate of drug-likeness (QED) is 0.871. The van der Waals surface area contributed by atoms with Gasteiger partial charge < -0.3 is 15.2 Å². The number of carbonyl (C=O) groups excluding carboxylic acids is 1. The molecule has 2 N–H and O–H groups in total. The van der Waals surface area contributed by atoms with Crippen LogP contribution in [0, 0.1) is 5.92 Å². The van der Waals surface area contributed by atoms with E-state index in [4.69, 9.17) is 5.11 Å². The number of para-hydroxylation sites is 1. The van der Waals surface area contributed by atoms with Crippen molar-refractivity contribution in [2.24, 2.45) is 5.92 Å². The van der Waals surface area contributed by atoms with Crippen molar-refractivity contribution in [1.29, 1.82) is 0 Å². The molecule has 0 saturated heterocycles. The molecule has 2 rings (SSSR count). The lowest BCUT2D eigenvalue weighted by molar-refractivity contribution is -0.274. The molecule has 1 aliphatic carbocycles. The zero-order valence-corrected chi connectivity index (χ0v) is 10.7. The Bertz CT molecular complexity index is 559. The van der Waals surface area contributed by atoms with Gasteiger partial charge >= 0.3 is 12.3 Å². The van der Waals surface area contributed by atoms with Gasteiger partial charge in [0.25, 0.3) is 0 Å². The first-order valence-corrected chi connectivity index (χ1v) is 6.12. The van der Waals surface area contributed by atoms with Gasteiger partial charge in [-0.3, -0.25) is 9.59 Å². The first-order valence-electron chi connectivity index (χ1n) is 6.12. The highest BCUT2D eigenvalue weighted by Gasteiger charge is 2.46. The summed E-state index contributed by atoms with van der Waals surface area (Å²) in [6.07, 6.45) is -4.43. The Balaban J connectivity index is 2.04. The van der Waals surface area contributed by atoms with Crippen LogP contribution < -0.4 is 10.1 Å². The number of aliphatic carboxylic acids is 1. The van der Waals surface area contributed by atoms with Gasteiger partial charge in [-0.1, -0.05) is 18.2 Å². The number of hydrogen-bond donors (Lipinski definition) is 2. The standard InChI is InChI=1S/C13H12F3NO4/c14-13(15,16)21-10-4-2-1-3-7(10)8-5-9(8)12(20)17-6-11(18)19/h1-4,8-9H,5-6H2,(H,17,20)(H,18,19)/t8-,9-/m1/s1. The predicted octanol–water partition coefficient (Wildman–Crippen LogP) is 1.89. The molecule has 2 atom stereocenters. The lowest BCUT2D eigenvalue weighted by atomic mass is 10.1. The monoisotopic (exact) mass is 303 g/mol. The number of ether oxygens (including phenoxy) is 1. The fraction of sp³-hybridized carbons (Fsp3) is 0.385. The molecular weight excluding hydrogens is 291 g/mol. The highest BCUT2D eigenvalue weighted by Crippen LogP contribution is 2.50. The number of carbonyl (C=O) groups is 2. The van der Waals surface area contributed by atoms with Crippen molar-refractivity contribution >= 4 is 11.9 Å². The fourth-order valence-electron chi connectivity index (χ4n) is 2.13. The van der Waals surface area contributed by atoms with Crippen molar-refractivity contribution in [2.45, 2.75) is 18.7 Å². The largest absolute Gasteiger partial charge is 0.573 e. The summed E-state index contributed by atoms with van der Waals surface area (Å²) >= 11 is 0. The molecule has 1 aliphatic rings. The minimum atomic E-state index is -4.80. The van der Waals surface area contributed by atoms with Crippen molar-refractivity contribution in [1.82, 2.24) is 5.32 Å². The fourth-order valence-corrected chi connectivity index (χ4v) is 2.13. The molecule has 1 saturated carbocycles. The number of amides is 1. The van der Waals surface area contributed by atoms with E-state index in [1.807, 2.05) is 0 Å². The molecule has 1 amide bonds. The lowest BCUT2D eigenvalue weighted by Crippen LogP contribution is -2.30. The SMILES string of the molecule is O=C(O)CNC(=O)[C@@H]1C[C@@H]1c1ccccc1OC(F)(F)F. The van der Waals surface area contributed by atoms with Crippen LogP contribution in [-0.2, 0) is 9.59 Å². The Labute approximate surface area is 117 Å². The molecule has 1 aromatic carbocycles. The van der Waals surface area contributed by atoms with Gasteiger partial charge in [0.2, 0.25) is 5.91 Å². The molecule has 0 aromatic heterocycles. The number of hydrogen-bond acceptors (Lipinski definition) is 3. The van der Waals surface area contributed by atoms with E-state index in [9.17, 15) is 22.8 Å². The van der Waals surface area contributed by atoms with Crippen molar-refractivity contribution in [3.05, 3.63) is 29.8 Å². The van der Waals surface area contributed by atoms with Gasteiger partial charge in [0.15, 0.2) is 0 Å². The molecule has 0 heterocycles. The van der Waals surface area contributed by atoms with Gasteiger partial charge in [-0.15, -0.1) is 13.2 Å². The van der Waals surface area contributed by atoms with Crippen LogP contribution in [0.5, 0.6) is 5.75 Å². The Morgan fingerprint density at radius 2 is 2.00 bits per heavy atom. The van der Waals surface area contributed by atoms with E-state index in [-0.39, 0.29) is 5.75 Å². The van der Waals surface area contributed by atoms with Gasteiger partial charge in [0.1, 0.15) is 12.3 Å². The highest BCUT2D eigenvalue weighted by atomic mass is 19.4.